The summed E-state index contributed by atoms with van der Waals surface area (Å²) in [5.41, 5.74) is 2.06. The Balaban J connectivity index is 1.51. The molecule has 0 bridgehead atoms. The van der Waals surface area contributed by atoms with Crippen molar-refractivity contribution in [2.24, 2.45) is 0 Å². The maximum Gasteiger partial charge on any atom is 0.331 e. The second-order valence-corrected chi connectivity index (χ2v) is 11.5. The molecule has 2 unspecified atom stereocenters. The Morgan fingerprint density at radius 3 is 1.55 bits per heavy atom. The third-order valence-electron chi connectivity index (χ3n) is 7.90. The van der Waals surface area contributed by atoms with E-state index in [-0.39, 0.29) is 63.9 Å². The molecule has 4 aromatic carbocycles. The van der Waals surface area contributed by atoms with Crippen molar-refractivity contribution in [2.45, 2.75) is 12.2 Å². The van der Waals surface area contributed by atoms with Crippen molar-refractivity contribution in [3.8, 4) is 51.7 Å². The van der Waals surface area contributed by atoms with Crippen LogP contribution >= 0.6 is 0 Å². The summed E-state index contributed by atoms with van der Waals surface area (Å²) >= 11 is 0. The van der Waals surface area contributed by atoms with Crippen LogP contribution in [0.2, 0.25) is 0 Å². The summed E-state index contributed by atoms with van der Waals surface area (Å²) in [6, 6.07) is 16.7. The summed E-state index contributed by atoms with van der Waals surface area (Å²) in [6.45, 7) is -0.504. The lowest BCUT2D eigenvalue weighted by atomic mass is 10.0. The van der Waals surface area contributed by atoms with Gasteiger partial charge in [0.05, 0.1) is 35.5 Å². The molecule has 0 aromatic heterocycles. The van der Waals surface area contributed by atoms with E-state index in [1.807, 2.05) is 0 Å². The van der Waals surface area contributed by atoms with Gasteiger partial charge >= 0.3 is 11.9 Å². The monoisotopic (exact) mass is 758 g/mol. The van der Waals surface area contributed by atoms with Crippen LogP contribution in [0.1, 0.15) is 28.4 Å². The summed E-state index contributed by atoms with van der Waals surface area (Å²) in [5.74, 6) is -0.487. The van der Waals surface area contributed by atoms with Crippen molar-refractivity contribution in [3.63, 3.8) is 0 Å². The SMILES string of the molecule is COc1cc(/C=C/C(=O)OC/C=C/c2cc(OC)c(OC(COC(=O)/C=C/c3ccc(O)c(OC)c3)C(O)c3ccc(O)c(OC)c3)c(OC)c2)ccc1O. The molecular weight excluding hydrogens is 716 g/mol. The van der Waals surface area contributed by atoms with Crippen molar-refractivity contribution in [3.05, 3.63) is 107 Å². The molecule has 14 heteroatoms. The van der Waals surface area contributed by atoms with Gasteiger partial charge in [0.2, 0.25) is 5.75 Å². The van der Waals surface area contributed by atoms with Crippen molar-refractivity contribution in [2.75, 3.05) is 48.8 Å². The Hall–Kier alpha value is -6.80. The average molecular weight is 759 g/mol. The molecule has 0 aliphatic heterocycles. The molecule has 0 spiro atoms. The molecule has 2 atom stereocenters. The molecule has 0 aliphatic carbocycles. The van der Waals surface area contributed by atoms with Crippen molar-refractivity contribution < 1.29 is 67.9 Å². The average Bonchev–Trinajstić information content (AvgIpc) is 3.20. The number of aliphatic hydroxyl groups is 1. The zero-order chi connectivity index (χ0) is 39.9. The van der Waals surface area contributed by atoms with Gasteiger partial charge in [-0.3, -0.25) is 0 Å². The lowest BCUT2D eigenvalue weighted by Gasteiger charge is -2.26. The fraction of sp³-hybridized carbons (Fsp3) is 0.220. The Bertz CT molecular complexity index is 2010. The van der Waals surface area contributed by atoms with Crippen molar-refractivity contribution >= 4 is 30.2 Å². The molecule has 55 heavy (non-hydrogen) atoms. The molecule has 0 radical (unpaired) electrons. The lowest BCUT2D eigenvalue weighted by molar-refractivity contribution is -0.142. The molecule has 14 nitrogen and oxygen atoms in total. The number of hydrogen-bond acceptors (Lipinski definition) is 14. The van der Waals surface area contributed by atoms with E-state index in [4.69, 9.17) is 37.9 Å². The van der Waals surface area contributed by atoms with Gasteiger partial charge in [-0.2, -0.15) is 0 Å². The van der Waals surface area contributed by atoms with Crippen LogP contribution in [-0.2, 0) is 19.1 Å². The van der Waals surface area contributed by atoms with E-state index < -0.39 is 30.8 Å². The fourth-order valence-corrected chi connectivity index (χ4v) is 5.05. The van der Waals surface area contributed by atoms with Gasteiger partial charge in [0.15, 0.2) is 52.1 Å². The summed E-state index contributed by atoms with van der Waals surface area (Å²) < 4.78 is 43.6. The normalized spacial score (nSPS) is 12.3. The quantitative estimate of drug-likeness (QED) is 0.0698. The Labute approximate surface area is 317 Å². The van der Waals surface area contributed by atoms with Gasteiger partial charge in [0, 0.05) is 12.2 Å². The minimum absolute atomic E-state index is 0.0210. The van der Waals surface area contributed by atoms with Crippen LogP contribution in [0.25, 0.3) is 18.2 Å². The highest BCUT2D eigenvalue weighted by molar-refractivity contribution is 5.88. The van der Waals surface area contributed by atoms with Crippen LogP contribution in [-0.4, -0.2) is 87.2 Å². The Kier molecular flexibility index (Phi) is 14.8. The largest absolute Gasteiger partial charge is 0.504 e. The number of esters is 2. The number of methoxy groups -OCH3 is 5. The van der Waals surface area contributed by atoms with Crippen LogP contribution in [0.4, 0.5) is 0 Å². The van der Waals surface area contributed by atoms with Crippen molar-refractivity contribution in [1.82, 2.24) is 0 Å². The molecule has 4 N–H and O–H groups in total. The molecule has 0 amide bonds. The third kappa shape index (κ3) is 11.3. The van der Waals surface area contributed by atoms with Crippen LogP contribution in [0.3, 0.4) is 0 Å². The highest BCUT2D eigenvalue weighted by Crippen LogP contribution is 2.41. The predicted octanol–water partition coefficient (Wildman–Crippen LogP) is 5.85. The number of aliphatic hydroxyl groups excluding tert-OH is 1. The topological polar surface area (TPSA) is 189 Å². The maximum atomic E-state index is 12.8. The zero-order valence-corrected chi connectivity index (χ0v) is 30.8. The number of aromatic hydroxyl groups is 3. The number of carbonyl (C=O) groups is 2. The maximum absolute atomic E-state index is 12.8. The molecular formula is C41H42O14. The van der Waals surface area contributed by atoms with Crippen molar-refractivity contribution in [1.29, 1.82) is 0 Å². The number of benzene rings is 4. The molecule has 4 aromatic rings. The smallest absolute Gasteiger partial charge is 0.331 e. The molecule has 0 saturated heterocycles. The van der Waals surface area contributed by atoms with E-state index in [2.05, 4.69) is 0 Å². The van der Waals surface area contributed by atoms with Gasteiger partial charge < -0.3 is 58.3 Å². The minimum Gasteiger partial charge on any atom is -0.504 e. The first-order valence-electron chi connectivity index (χ1n) is 16.6. The fourth-order valence-electron chi connectivity index (χ4n) is 5.05. The van der Waals surface area contributed by atoms with E-state index in [1.54, 1.807) is 42.5 Å². The molecule has 4 rings (SSSR count). The van der Waals surface area contributed by atoms with Crippen LogP contribution in [0, 0.1) is 0 Å². The lowest BCUT2D eigenvalue weighted by Crippen LogP contribution is -2.31. The highest BCUT2D eigenvalue weighted by atomic mass is 16.6. The molecule has 0 fully saturated rings. The number of ether oxygens (including phenoxy) is 8. The summed E-state index contributed by atoms with van der Waals surface area (Å²) in [6.07, 6.45) is 6.03. The second kappa shape index (κ2) is 19.9. The summed E-state index contributed by atoms with van der Waals surface area (Å²) in [7, 11) is 7.01. The van der Waals surface area contributed by atoms with Gasteiger partial charge in [0.1, 0.15) is 19.3 Å². The highest BCUT2D eigenvalue weighted by Gasteiger charge is 2.28. The van der Waals surface area contributed by atoms with E-state index >= 15 is 0 Å². The van der Waals surface area contributed by atoms with Gasteiger partial charge in [0.25, 0.3) is 0 Å². The molecule has 0 aliphatic rings. The number of phenolic OH excluding ortho intramolecular Hbond substituents is 3. The standard InChI is InChI=1S/C41H42O14/c1-48-32-19-25(8-13-29(32)42)10-16-38(45)53-18-6-7-27-21-35(51-4)41(36(22-27)52-5)55-37(40(47)28-12-15-31(44)34(23-28)50-3)24-54-39(46)17-11-26-9-14-30(43)33(20-26)49-2/h6-17,19-23,37,40,42-44,47H,18,24H2,1-5H3/b7-6+,16-10+,17-11+. The summed E-state index contributed by atoms with van der Waals surface area (Å²) in [5, 5.41) is 41.2. The molecule has 0 heterocycles. The van der Waals surface area contributed by atoms with Gasteiger partial charge in [-0.25, -0.2) is 9.59 Å². The van der Waals surface area contributed by atoms with Gasteiger partial charge in [-0.1, -0.05) is 24.3 Å². The van der Waals surface area contributed by atoms with E-state index in [9.17, 15) is 30.0 Å². The Morgan fingerprint density at radius 2 is 1.04 bits per heavy atom. The summed E-state index contributed by atoms with van der Waals surface area (Å²) in [4.78, 5) is 25.1. The van der Waals surface area contributed by atoms with E-state index in [0.717, 1.165) is 0 Å². The Morgan fingerprint density at radius 1 is 0.582 bits per heavy atom. The third-order valence-corrected chi connectivity index (χ3v) is 7.90. The number of hydrogen-bond donors (Lipinski definition) is 4. The van der Waals surface area contributed by atoms with Crippen LogP contribution in [0.5, 0.6) is 51.7 Å². The molecule has 0 saturated carbocycles. The molecule has 290 valence electrons. The van der Waals surface area contributed by atoms with E-state index in [0.29, 0.717) is 16.7 Å². The minimum atomic E-state index is -1.42. The van der Waals surface area contributed by atoms with Crippen LogP contribution < -0.4 is 28.4 Å². The van der Waals surface area contributed by atoms with Gasteiger partial charge in [-0.15, -0.1) is 0 Å². The number of carbonyl (C=O) groups excluding carboxylic acids is 2. The number of phenols is 3. The second-order valence-electron chi connectivity index (χ2n) is 11.5. The first kappa shape index (κ1) is 41.0. The first-order valence-corrected chi connectivity index (χ1v) is 16.6. The van der Waals surface area contributed by atoms with Crippen LogP contribution in [0.15, 0.2) is 85.0 Å². The van der Waals surface area contributed by atoms with Gasteiger partial charge in [-0.05, 0) is 89.0 Å². The first-order chi connectivity index (χ1) is 26.5. The zero-order valence-electron chi connectivity index (χ0n) is 30.8. The predicted molar refractivity (Wildman–Crippen MR) is 202 cm³/mol. The van der Waals surface area contributed by atoms with E-state index in [1.165, 1.54) is 96.3 Å². The number of rotatable bonds is 18.